The Bertz CT molecular complexity index is 1260. The minimum Gasteiger partial charge on any atom is -0.463 e. The molecule has 1 aliphatic heterocycles. The monoisotopic (exact) mass is 671 g/mol. The third-order valence-corrected chi connectivity index (χ3v) is 8.21. The number of thioether (sulfide) groups is 1. The Balaban J connectivity index is 0.000000505. The number of carbonyl (C=O) groups excluding carboxylic acids is 4. The molecule has 16 heteroatoms. The van der Waals surface area contributed by atoms with Gasteiger partial charge in [-0.1, -0.05) is 12.1 Å². The lowest BCUT2D eigenvalue weighted by Gasteiger charge is -2.45. The molecule has 2 aromatic heterocycles. The van der Waals surface area contributed by atoms with Crippen LogP contribution in [0.2, 0.25) is 0 Å². The van der Waals surface area contributed by atoms with Crippen LogP contribution in [0.3, 0.4) is 0 Å². The second-order valence-electron chi connectivity index (χ2n) is 10.0. The van der Waals surface area contributed by atoms with Gasteiger partial charge in [0.15, 0.2) is 12.2 Å². The van der Waals surface area contributed by atoms with Crippen molar-refractivity contribution in [3.8, 4) is 0 Å². The topological polar surface area (TPSA) is 201 Å². The lowest BCUT2D eigenvalue weighted by molar-refractivity contribution is -0.211. The van der Waals surface area contributed by atoms with Crippen molar-refractivity contribution in [3.05, 3.63) is 59.2 Å². The molecule has 1 amide bonds. The number of rotatable bonds is 8. The van der Waals surface area contributed by atoms with Gasteiger partial charge >= 0.3 is 25.5 Å². The maximum Gasteiger partial charge on any atom is 0.335 e. The molecular formula is C29H42N3O11PS. The molecule has 0 aromatic carbocycles. The Morgan fingerprint density at radius 1 is 0.822 bits per heavy atom. The quantitative estimate of drug-likeness (QED) is 0.210. The summed E-state index contributed by atoms with van der Waals surface area (Å²) in [6.07, 6.45) is -3.63. The smallest absolute Gasteiger partial charge is 0.335 e. The van der Waals surface area contributed by atoms with Gasteiger partial charge in [0.05, 0.1) is 5.49 Å². The molecule has 2 aromatic rings. The fourth-order valence-corrected chi connectivity index (χ4v) is 5.98. The van der Waals surface area contributed by atoms with Crippen molar-refractivity contribution in [2.75, 3.05) is 12.1 Å². The highest BCUT2D eigenvalue weighted by molar-refractivity contribution is 8.04. The number of amides is 1. The van der Waals surface area contributed by atoms with Gasteiger partial charge in [-0.2, -0.15) is 0 Å². The summed E-state index contributed by atoms with van der Waals surface area (Å²) in [5.41, 5.74) is 2.59. The van der Waals surface area contributed by atoms with Gasteiger partial charge in [0.25, 0.3) is 0 Å². The van der Waals surface area contributed by atoms with Crippen molar-refractivity contribution in [2.45, 2.75) is 85.2 Å². The molecule has 3 rings (SSSR count). The maximum absolute atomic E-state index is 11.7. The number of hydrogen-bond donors (Lipinski definition) is 3. The van der Waals surface area contributed by atoms with Crippen molar-refractivity contribution in [1.82, 2.24) is 15.3 Å². The summed E-state index contributed by atoms with van der Waals surface area (Å²) in [4.78, 5) is 72.7. The number of aromatic nitrogens is 2. The van der Waals surface area contributed by atoms with Crippen molar-refractivity contribution in [1.29, 1.82) is 0 Å². The average molecular weight is 672 g/mol. The Morgan fingerprint density at radius 2 is 1.27 bits per heavy atom. The van der Waals surface area contributed by atoms with Crippen LogP contribution in [0.15, 0.2) is 36.4 Å². The first-order valence-corrected chi connectivity index (χ1v) is 16.6. The average Bonchev–Trinajstić information content (AvgIpc) is 2.88. The van der Waals surface area contributed by atoms with Gasteiger partial charge < -0.3 is 34.1 Å². The lowest BCUT2D eigenvalue weighted by Crippen LogP contribution is -2.65. The van der Waals surface area contributed by atoms with Crippen LogP contribution in [0, 0.1) is 27.7 Å². The Kier molecular flexibility index (Phi) is 16.9. The minimum atomic E-state index is -4.44. The zero-order chi connectivity index (χ0) is 34.3. The highest BCUT2D eigenvalue weighted by Crippen LogP contribution is 2.43. The fourth-order valence-electron chi connectivity index (χ4n) is 3.96. The normalized spacial score (nSPS) is 20.6. The molecule has 0 unspecified atom stereocenters. The second kappa shape index (κ2) is 19.2. The number of ether oxygens (including phenoxy) is 4. The minimum absolute atomic E-state index is 0.384. The van der Waals surface area contributed by atoms with Crippen LogP contribution < -0.4 is 5.32 Å². The maximum atomic E-state index is 11.7. The van der Waals surface area contributed by atoms with E-state index in [0.29, 0.717) is 11.8 Å². The molecule has 0 saturated carbocycles. The lowest BCUT2D eigenvalue weighted by atomic mass is 9.97. The molecular weight excluding hydrogens is 629 g/mol. The molecule has 14 nitrogen and oxygen atoms in total. The molecule has 1 saturated heterocycles. The van der Waals surface area contributed by atoms with E-state index in [0.717, 1.165) is 43.5 Å². The van der Waals surface area contributed by atoms with Crippen molar-refractivity contribution in [2.24, 2.45) is 0 Å². The third-order valence-electron chi connectivity index (χ3n) is 5.53. The fraction of sp³-hybridized carbons (Fsp3) is 0.517. The van der Waals surface area contributed by atoms with Gasteiger partial charge in [-0.15, -0.1) is 11.8 Å². The van der Waals surface area contributed by atoms with Crippen LogP contribution in [0.1, 0.15) is 50.5 Å². The van der Waals surface area contributed by atoms with E-state index in [1.165, 1.54) is 6.92 Å². The number of hydrogen-bond acceptors (Lipinski definition) is 12. The van der Waals surface area contributed by atoms with Gasteiger partial charge in [-0.3, -0.25) is 33.7 Å². The largest absolute Gasteiger partial charge is 0.463 e. The van der Waals surface area contributed by atoms with Gasteiger partial charge in [0, 0.05) is 50.5 Å². The zero-order valence-electron chi connectivity index (χ0n) is 26.6. The predicted molar refractivity (Wildman–Crippen MR) is 166 cm³/mol. The van der Waals surface area contributed by atoms with E-state index in [2.05, 4.69) is 15.3 Å². The van der Waals surface area contributed by atoms with Crippen molar-refractivity contribution < 1.29 is 52.5 Å². The summed E-state index contributed by atoms with van der Waals surface area (Å²) in [7, 11) is -4.44. The molecule has 45 heavy (non-hydrogen) atoms. The number of nitrogens with one attached hydrogen (secondary N) is 1. The van der Waals surface area contributed by atoms with Gasteiger partial charge in [0.2, 0.25) is 5.91 Å². The Morgan fingerprint density at radius 3 is 1.60 bits per heavy atom. The predicted octanol–water partition coefficient (Wildman–Crippen LogP) is 2.91. The van der Waals surface area contributed by atoms with Gasteiger partial charge in [-0.05, 0) is 52.0 Å². The standard InChI is InChI=1S/C15H24NO11PS.2C7H9N/c1-7(17)16-12-14(26-10(4)20)13(25-9(3)19)11(5-24-8(2)18)27-15(12)29-6-28(21,22)23;2*1-6-4-3-5-7(2)8-6/h11-15H,5-6H2,1-4H3,(H,16,17)(H2,21,22,23);2*3-5H,1-2H3/t11-,12-,13-,14-,15+;;/m1../s1. The summed E-state index contributed by atoms with van der Waals surface area (Å²) in [6, 6.07) is 10.9. The van der Waals surface area contributed by atoms with E-state index in [-0.39, 0.29) is 6.61 Å². The number of carbonyl (C=O) groups is 4. The SMILES string of the molecule is CC(=O)N[C@@H]1[C@@H](OC(C)=O)[C@H](OC(C)=O)[C@@H](COC(C)=O)O[C@H]1SCP(=O)(O)O.Cc1cccc(C)n1.Cc1cccc(C)n1. The van der Waals surface area contributed by atoms with Crippen LogP contribution in [-0.2, 0) is 42.7 Å². The Labute approximate surface area is 267 Å². The van der Waals surface area contributed by atoms with Crippen LogP contribution in [0.4, 0.5) is 0 Å². The van der Waals surface area contributed by atoms with E-state index < -0.39 is 66.7 Å². The summed E-state index contributed by atoms with van der Waals surface area (Å²) in [5.74, 6) is -2.69. The van der Waals surface area contributed by atoms with E-state index in [9.17, 15) is 23.7 Å². The second-order valence-corrected chi connectivity index (χ2v) is 13.2. The summed E-state index contributed by atoms with van der Waals surface area (Å²) in [6.45, 7) is 12.1. The highest BCUT2D eigenvalue weighted by atomic mass is 32.2. The number of nitrogens with zero attached hydrogens (tertiary/aromatic N) is 2. The number of esters is 3. The molecule has 5 atom stereocenters. The summed E-state index contributed by atoms with van der Waals surface area (Å²) < 4.78 is 32.4. The van der Waals surface area contributed by atoms with Crippen LogP contribution in [0.25, 0.3) is 0 Å². The van der Waals surface area contributed by atoms with Crippen LogP contribution in [-0.4, -0.2) is 85.5 Å². The summed E-state index contributed by atoms with van der Waals surface area (Å²) >= 11 is 0.672. The first-order valence-electron chi connectivity index (χ1n) is 13.7. The van der Waals surface area contributed by atoms with Gasteiger partial charge in [-0.25, -0.2) is 0 Å². The molecule has 0 radical (unpaired) electrons. The van der Waals surface area contributed by atoms with Crippen molar-refractivity contribution in [3.63, 3.8) is 0 Å². The van der Waals surface area contributed by atoms with E-state index in [1.807, 2.05) is 64.1 Å². The zero-order valence-corrected chi connectivity index (χ0v) is 28.3. The Hall–Kier alpha value is -3.36. The van der Waals surface area contributed by atoms with Gasteiger partial charge in [0.1, 0.15) is 24.2 Å². The van der Waals surface area contributed by atoms with E-state index in [1.54, 1.807) is 0 Å². The van der Waals surface area contributed by atoms with E-state index >= 15 is 0 Å². The number of pyridine rings is 2. The van der Waals surface area contributed by atoms with Crippen LogP contribution in [0.5, 0.6) is 0 Å². The molecule has 0 aliphatic carbocycles. The molecule has 3 N–H and O–H groups in total. The first-order chi connectivity index (χ1) is 20.9. The third kappa shape index (κ3) is 17.1. The molecule has 1 fully saturated rings. The van der Waals surface area contributed by atoms with Crippen molar-refractivity contribution >= 4 is 43.2 Å². The molecule has 0 spiro atoms. The van der Waals surface area contributed by atoms with E-state index in [4.69, 9.17) is 28.7 Å². The molecule has 250 valence electrons. The molecule has 3 heterocycles. The van der Waals surface area contributed by atoms with Crippen LogP contribution >= 0.6 is 19.4 Å². The summed E-state index contributed by atoms with van der Waals surface area (Å²) in [5, 5.41) is 2.50. The molecule has 0 bridgehead atoms. The highest BCUT2D eigenvalue weighted by Gasteiger charge is 2.51. The molecule has 1 aliphatic rings. The first kappa shape index (κ1) is 39.7. The number of aryl methyl sites for hydroxylation is 4.